The van der Waals surface area contributed by atoms with Crippen LogP contribution >= 0.6 is 11.5 Å². The van der Waals surface area contributed by atoms with Crippen LogP contribution in [0.5, 0.6) is 0 Å². The highest BCUT2D eigenvalue weighted by Gasteiger charge is 2.16. The molecule has 5 heteroatoms. The van der Waals surface area contributed by atoms with Gasteiger partial charge < -0.3 is 0 Å². The average Bonchev–Trinajstić information content (AvgIpc) is 2.59. The highest BCUT2D eigenvalue weighted by molar-refractivity contribution is 7.13. The van der Waals surface area contributed by atoms with Crippen LogP contribution < -0.4 is 0 Å². The standard InChI is InChI=1S/C9H8N2O2S/c1-5-3-8(11(12)13)9-7(6(5)2)4-10-14-9/h3-4H,1-2H3. The van der Waals surface area contributed by atoms with E-state index in [1.807, 2.05) is 13.8 Å². The average molecular weight is 208 g/mol. The normalized spacial score (nSPS) is 10.7. The van der Waals surface area contributed by atoms with Gasteiger partial charge in [-0.1, -0.05) is 0 Å². The summed E-state index contributed by atoms with van der Waals surface area (Å²) in [5, 5.41) is 11.7. The van der Waals surface area contributed by atoms with Gasteiger partial charge in [-0.15, -0.1) is 0 Å². The zero-order valence-electron chi connectivity index (χ0n) is 7.77. The van der Waals surface area contributed by atoms with Gasteiger partial charge in [-0.3, -0.25) is 10.1 Å². The largest absolute Gasteiger partial charge is 0.288 e. The zero-order chi connectivity index (χ0) is 10.3. The van der Waals surface area contributed by atoms with E-state index in [0.717, 1.165) is 16.5 Å². The molecule has 1 aromatic heterocycles. The number of rotatable bonds is 1. The molecule has 0 amide bonds. The number of hydrogen-bond acceptors (Lipinski definition) is 4. The van der Waals surface area contributed by atoms with Crippen molar-refractivity contribution in [3.8, 4) is 0 Å². The first-order valence-corrected chi connectivity index (χ1v) is 4.87. The van der Waals surface area contributed by atoms with Gasteiger partial charge in [-0.25, -0.2) is 0 Å². The number of hydrogen-bond donors (Lipinski definition) is 0. The molecule has 72 valence electrons. The van der Waals surface area contributed by atoms with E-state index in [9.17, 15) is 10.1 Å². The molecule has 2 rings (SSSR count). The zero-order valence-corrected chi connectivity index (χ0v) is 8.59. The van der Waals surface area contributed by atoms with Crippen molar-refractivity contribution in [2.75, 3.05) is 0 Å². The maximum atomic E-state index is 10.8. The summed E-state index contributed by atoms with van der Waals surface area (Å²) >= 11 is 1.17. The van der Waals surface area contributed by atoms with E-state index in [0.29, 0.717) is 4.70 Å². The Hall–Kier alpha value is -1.49. The Morgan fingerprint density at radius 3 is 2.86 bits per heavy atom. The lowest BCUT2D eigenvalue weighted by molar-refractivity contribution is -0.382. The summed E-state index contributed by atoms with van der Waals surface area (Å²) in [4.78, 5) is 10.4. The molecular formula is C9H8N2O2S. The predicted molar refractivity (Wildman–Crippen MR) is 55.7 cm³/mol. The van der Waals surface area contributed by atoms with E-state index < -0.39 is 0 Å². The van der Waals surface area contributed by atoms with E-state index >= 15 is 0 Å². The minimum Gasteiger partial charge on any atom is -0.258 e. The Labute approximate surface area is 84.5 Å². The van der Waals surface area contributed by atoms with Gasteiger partial charge in [0.05, 0.1) is 4.92 Å². The molecule has 0 atom stereocenters. The van der Waals surface area contributed by atoms with Crippen LogP contribution in [0.15, 0.2) is 12.3 Å². The van der Waals surface area contributed by atoms with Crippen molar-refractivity contribution in [3.63, 3.8) is 0 Å². The number of nitro benzene ring substituents is 1. The lowest BCUT2D eigenvalue weighted by atomic mass is 10.1. The van der Waals surface area contributed by atoms with Crippen molar-refractivity contribution in [3.05, 3.63) is 33.5 Å². The second kappa shape index (κ2) is 3.02. The summed E-state index contributed by atoms with van der Waals surface area (Å²) in [6.45, 7) is 3.83. The first-order valence-electron chi connectivity index (χ1n) is 4.10. The van der Waals surface area contributed by atoms with Crippen LogP contribution in [0.25, 0.3) is 10.1 Å². The monoisotopic (exact) mass is 208 g/mol. The second-order valence-electron chi connectivity index (χ2n) is 3.16. The molecule has 0 aliphatic carbocycles. The smallest absolute Gasteiger partial charge is 0.258 e. The first-order chi connectivity index (χ1) is 6.61. The Morgan fingerprint density at radius 2 is 2.21 bits per heavy atom. The maximum absolute atomic E-state index is 10.8. The number of nitrogens with zero attached hydrogens (tertiary/aromatic N) is 2. The van der Waals surface area contributed by atoms with Crippen molar-refractivity contribution < 1.29 is 4.92 Å². The molecule has 1 aromatic carbocycles. The van der Waals surface area contributed by atoms with Crippen LogP contribution in [0.4, 0.5) is 5.69 Å². The SMILES string of the molecule is Cc1cc([N+](=O)[O-])c2sncc2c1C. The predicted octanol–water partition coefficient (Wildman–Crippen LogP) is 2.82. The summed E-state index contributed by atoms with van der Waals surface area (Å²) in [5.74, 6) is 0. The molecule has 0 aliphatic heterocycles. The molecule has 0 saturated carbocycles. The van der Waals surface area contributed by atoms with Gasteiger partial charge >= 0.3 is 0 Å². The summed E-state index contributed by atoms with van der Waals surface area (Å²) in [7, 11) is 0. The van der Waals surface area contributed by atoms with Crippen molar-refractivity contribution in [1.82, 2.24) is 4.37 Å². The molecule has 0 fully saturated rings. The number of aromatic nitrogens is 1. The Balaban J connectivity index is 2.91. The molecule has 4 nitrogen and oxygen atoms in total. The van der Waals surface area contributed by atoms with Crippen LogP contribution in [0.2, 0.25) is 0 Å². The van der Waals surface area contributed by atoms with Gasteiger partial charge in [0.25, 0.3) is 5.69 Å². The third-order valence-corrected chi connectivity index (χ3v) is 3.17. The first kappa shape index (κ1) is 9.08. The molecule has 2 aromatic rings. The molecule has 0 radical (unpaired) electrons. The lowest BCUT2D eigenvalue weighted by Gasteiger charge is -2.01. The van der Waals surface area contributed by atoms with Crippen molar-refractivity contribution in [1.29, 1.82) is 0 Å². The fraction of sp³-hybridized carbons (Fsp3) is 0.222. The van der Waals surface area contributed by atoms with Gasteiger partial charge in [0.2, 0.25) is 0 Å². The summed E-state index contributed by atoms with van der Waals surface area (Å²) in [6.07, 6.45) is 1.69. The molecule has 0 aliphatic rings. The molecule has 0 saturated heterocycles. The quantitative estimate of drug-likeness (QED) is 0.534. The highest BCUT2D eigenvalue weighted by Crippen LogP contribution is 2.33. The van der Waals surface area contributed by atoms with E-state index in [1.54, 1.807) is 12.3 Å². The molecule has 0 bridgehead atoms. The van der Waals surface area contributed by atoms with E-state index in [2.05, 4.69) is 4.37 Å². The number of fused-ring (bicyclic) bond motifs is 1. The van der Waals surface area contributed by atoms with Crippen LogP contribution in [0.3, 0.4) is 0 Å². The molecular weight excluding hydrogens is 200 g/mol. The summed E-state index contributed by atoms with van der Waals surface area (Å²) in [6, 6.07) is 1.61. The van der Waals surface area contributed by atoms with Crippen LogP contribution in [0, 0.1) is 24.0 Å². The van der Waals surface area contributed by atoms with E-state index in [4.69, 9.17) is 0 Å². The molecule has 1 heterocycles. The van der Waals surface area contributed by atoms with Gasteiger partial charge in [-0.2, -0.15) is 4.37 Å². The highest BCUT2D eigenvalue weighted by atomic mass is 32.1. The molecule has 0 spiro atoms. The number of non-ortho nitro benzene ring substituents is 1. The second-order valence-corrected chi connectivity index (χ2v) is 3.96. The van der Waals surface area contributed by atoms with E-state index in [1.165, 1.54) is 11.5 Å². The Kier molecular flexibility index (Phi) is 1.96. The van der Waals surface area contributed by atoms with Crippen LogP contribution in [-0.2, 0) is 0 Å². The summed E-state index contributed by atoms with van der Waals surface area (Å²) < 4.78 is 4.65. The van der Waals surface area contributed by atoms with Crippen LogP contribution in [-0.4, -0.2) is 9.30 Å². The summed E-state index contributed by atoms with van der Waals surface area (Å²) in [5.41, 5.74) is 2.16. The lowest BCUT2D eigenvalue weighted by Crippen LogP contribution is -1.91. The maximum Gasteiger partial charge on any atom is 0.288 e. The fourth-order valence-electron chi connectivity index (χ4n) is 1.42. The van der Waals surface area contributed by atoms with Gasteiger partial charge in [0, 0.05) is 17.6 Å². The molecule has 0 N–H and O–H groups in total. The fourth-order valence-corrected chi connectivity index (χ4v) is 2.21. The number of aryl methyl sites for hydroxylation is 2. The van der Waals surface area contributed by atoms with Gasteiger partial charge in [0.15, 0.2) is 0 Å². The topological polar surface area (TPSA) is 56.0 Å². The van der Waals surface area contributed by atoms with E-state index in [-0.39, 0.29) is 10.6 Å². The van der Waals surface area contributed by atoms with Crippen molar-refractivity contribution in [2.45, 2.75) is 13.8 Å². The van der Waals surface area contributed by atoms with Gasteiger partial charge in [0.1, 0.15) is 4.70 Å². The molecule has 0 unspecified atom stereocenters. The Bertz CT molecular complexity index is 519. The molecule has 14 heavy (non-hydrogen) atoms. The third-order valence-electron chi connectivity index (χ3n) is 2.35. The van der Waals surface area contributed by atoms with Crippen molar-refractivity contribution in [2.24, 2.45) is 0 Å². The Morgan fingerprint density at radius 1 is 1.50 bits per heavy atom. The number of nitro groups is 1. The minimum atomic E-state index is -0.354. The van der Waals surface area contributed by atoms with Crippen LogP contribution in [0.1, 0.15) is 11.1 Å². The number of benzene rings is 1. The minimum absolute atomic E-state index is 0.158. The van der Waals surface area contributed by atoms with Crippen molar-refractivity contribution >= 4 is 27.3 Å². The van der Waals surface area contributed by atoms with Gasteiger partial charge in [-0.05, 0) is 36.5 Å². The third kappa shape index (κ3) is 1.17.